The van der Waals surface area contributed by atoms with Crippen LogP contribution in [0.15, 0.2) is 72.9 Å². The third-order valence-corrected chi connectivity index (χ3v) is 7.23. The van der Waals surface area contributed by atoms with Crippen LogP contribution >= 0.6 is 0 Å². The first-order valence-corrected chi connectivity index (χ1v) is 11.9. The highest BCUT2D eigenvalue weighted by Gasteiger charge is 2.56. The molecule has 1 aliphatic carbocycles. The highest BCUT2D eigenvalue weighted by molar-refractivity contribution is 5.90. The van der Waals surface area contributed by atoms with Gasteiger partial charge >= 0.3 is 0 Å². The summed E-state index contributed by atoms with van der Waals surface area (Å²) in [5.74, 6) is 0. The van der Waals surface area contributed by atoms with Gasteiger partial charge in [-0.25, -0.2) is 9.97 Å². The van der Waals surface area contributed by atoms with Crippen LogP contribution in [0.4, 0.5) is 0 Å². The normalized spacial score (nSPS) is 22.6. The Kier molecular flexibility index (Phi) is 5.17. The molecule has 0 bridgehead atoms. The number of hydrogen-bond acceptors (Lipinski definition) is 7. The van der Waals surface area contributed by atoms with Crippen LogP contribution in [-0.4, -0.2) is 53.2 Å². The van der Waals surface area contributed by atoms with Gasteiger partial charge in [-0.05, 0) is 24.1 Å². The Morgan fingerprint density at radius 2 is 1.75 bits per heavy atom. The van der Waals surface area contributed by atoms with E-state index in [0.717, 1.165) is 50.3 Å². The van der Waals surface area contributed by atoms with Crippen LogP contribution in [0.1, 0.15) is 24.1 Å². The molecule has 1 saturated carbocycles. The summed E-state index contributed by atoms with van der Waals surface area (Å²) in [5, 5.41) is 35.2. The number of aromatic nitrogens is 4. The molecule has 5 N–H and O–H groups in total. The van der Waals surface area contributed by atoms with Crippen LogP contribution < -0.4 is 5.73 Å². The van der Waals surface area contributed by atoms with Gasteiger partial charge in [0.05, 0.1) is 23.6 Å². The Bertz CT molecular complexity index is 1570. The lowest BCUT2D eigenvalue weighted by Crippen LogP contribution is -2.65. The highest BCUT2D eigenvalue weighted by atomic mass is 16.4. The van der Waals surface area contributed by atoms with E-state index >= 15 is 0 Å². The molecule has 182 valence electrons. The fraction of sp³-hybridized carbons (Fsp3) is 0.250. The molecule has 0 aliphatic heterocycles. The molecule has 5 aromatic rings. The molecule has 0 radical (unpaired) electrons. The molecule has 1 fully saturated rings. The lowest BCUT2D eigenvalue weighted by atomic mass is 9.60. The SMILES string of the molecule is Cc1cc2ncc3cc(-c4ccccc4)c(-c4ccc([C@]5(N)C[C@@](O)(C(O)CO)C5)cc4)nc3n2n1. The molecule has 6 rings (SSSR count). The minimum absolute atomic E-state index is 0.175. The largest absolute Gasteiger partial charge is 0.394 e. The first-order valence-electron chi connectivity index (χ1n) is 11.9. The number of hydrogen-bond donors (Lipinski definition) is 4. The fourth-order valence-electron chi connectivity index (χ4n) is 5.32. The van der Waals surface area contributed by atoms with E-state index < -0.39 is 23.9 Å². The van der Waals surface area contributed by atoms with E-state index in [4.69, 9.17) is 10.7 Å². The average molecular weight is 482 g/mol. The summed E-state index contributed by atoms with van der Waals surface area (Å²) in [6, 6.07) is 22.0. The Morgan fingerprint density at radius 3 is 2.44 bits per heavy atom. The number of nitrogens with zero attached hydrogens (tertiary/aromatic N) is 4. The van der Waals surface area contributed by atoms with E-state index in [9.17, 15) is 15.3 Å². The number of rotatable bonds is 5. The summed E-state index contributed by atoms with van der Waals surface area (Å²) in [6.07, 6.45) is 0.970. The van der Waals surface area contributed by atoms with E-state index in [0.29, 0.717) is 0 Å². The maximum Gasteiger partial charge on any atom is 0.165 e. The highest BCUT2D eigenvalue weighted by Crippen LogP contribution is 2.48. The summed E-state index contributed by atoms with van der Waals surface area (Å²) < 4.78 is 1.77. The van der Waals surface area contributed by atoms with Crippen LogP contribution in [0.5, 0.6) is 0 Å². The second-order valence-corrected chi connectivity index (χ2v) is 9.87. The third-order valence-electron chi connectivity index (χ3n) is 7.23. The van der Waals surface area contributed by atoms with E-state index in [1.54, 1.807) is 4.52 Å². The number of pyridine rings is 1. The van der Waals surface area contributed by atoms with Crippen molar-refractivity contribution in [2.24, 2.45) is 5.73 Å². The second kappa shape index (κ2) is 8.18. The van der Waals surface area contributed by atoms with Crippen LogP contribution in [-0.2, 0) is 5.54 Å². The number of fused-ring (bicyclic) bond motifs is 3. The smallest absolute Gasteiger partial charge is 0.165 e. The molecule has 0 saturated heterocycles. The number of aryl methyl sites for hydroxylation is 1. The number of nitrogens with two attached hydrogens (primary N) is 1. The summed E-state index contributed by atoms with van der Waals surface area (Å²) >= 11 is 0. The Hall–Kier alpha value is -3.69. The van der Waals surface area contributed by atoms with Gasteiger partial charge in [0.15, 0.2) is 11.3 Å². The zero-order valence-electron chi connectivity index (χ0n) is 19.8. The predicted octanol–water partition coefficient (Wildman–Crippen LogP) is 2.95. The third kappa shape index (κ3) is 3.58. The van der Waals surface area contributed by atoms with Gasteiger partial charge in [-0.15, -0.1) is 0 Å². The predicted molar refractivity (Wildman–Crippen MR) is 137 cm³/mol. The molecule has 36 heavy (non-hydrogen) atoms. The Morgan fingerprint density at radius 1 is 1.03 bits per heavy atom. The molecule has 8 heteroatoms. The summed E-state index contributed by atoms with van der Waals surface area (Å²) in [7, 11) is 0. The quantitative estimate of drug-likeness (QED) is 0.304. The minimum Gasteiger partial charge on any atom is -0.394 e. The molecule has 8 nitrogen and oxygen atoms in total. The monoisotopic (exact) mass is 481 g/mol. The summed E-state index contributed by atoms with van der Waals surface area (Å²) in [5.41, 5.74) is 11.4. The molecule has 0 spiro atoms. The van der Waals surface area contributed by atoms with E-state index in [1.807, 2.05) is 61.7 Å². The van der Waals surface area contributed by atoms with Crippen molar-refractivity contribution in [2.75, 3.05) is 6.61 Å². The van der Waals surface area contributed by atoms with Gasteiger partial charge in [0.2, 0.25) is 0 Å². The number of aliphatic hydroxyl groups excluding tert-OH is 2. The van der Waals surface area contributed by atoms with Crippen LogP contribution in [0.25, 0.3) is 39.1 Å². The zero-order chi connectivity index (χ0) is 25.1. The first kappa shape index (κ1) is 22.8. The van der Waals surface area contributed by atoms with E-state index in [2.05, 4.69) is 28.3 Å². The molecular weight excluding hydrogens is 454 g/mol. The van der Waals surface area contributed by atoms with Gasteiger partial charge in [0.1, 0.15) is 6.10 Å². The molecule has 2 aromatic carbocycles. The molecule has 3 heterocycles. The average Bonchev–Trinajstić information content (AvgIpc) is 3.28. The molecule has 0 amide bonds. The number of benzene rings is 2. The van der Waals surface area contributed by atoms with Gasteiger partial charge in [-0.3, -0.25) is 0 Å². The van der Waals surface area contributed by atoms with Gasteiger partial charge in [0, 0.05) is 47.2 Å². The van der Waals surface area contributed by atoms with E-state index in [-0.39, 0.29) is 12.8 Å². The van der Waals surface area contributed by atoms with Crippen LogP contribution in [0.2, 0.25) is 0 Å². The number of aliphatic hydroxyl groups is 3. The van der Waals surface area contributed by atoms with Gasteiger partial charge in [0.25, 0.3) is 0 Å². The zero-order valence-corrected chi connectivity index (χ0v) is 19.8. The maximum absolute atomic E-state index is 10.5. The van der Waals surface area contributed by atoms with Crippen molar-refractivity contribution >= 4 is 16.7 Å². The van der Waals surface area contributed by atoms with E-state index in [1.165, 1.54) is 0 Å². The van der Waals surface area contributed by atoms with Crippen molar-refractivity contribution in [1.29, 1.82) is 0 Å². The van der Waals surface area contributed by atoms with Gasteiger partial charge < -0.3 is 21.1 Å². The van der Waals surface area contributed by atoms with Crippen LogP contribution in [0.3, 0.4) is 0 Å². The van der Waals surface area contributed by atoms with Gasteiger partial charge in [-0.1, -0.05) is 54.6 Å². The summed E-state index contributed by atoms with van der Waals surface area (Å²) in [4.78, 5) is 9.62. The molecule has 1 aliphatic rings. The van der Waals surface area contributed by atoms with Crippen molar-refractivity contribution in [1.82, 2.24) is 19.6 Å². The summed E-state index contributed by atoms with van der Waals surface area (Å²) in [6.45, 7) is 1.43. The molecular formula is C28H27N5O3. The lowest BCUT2D eigenvalue weighted by Gasteiger charge is -2.53. The molecule has 1 unspecified atom stereocenters. The minimum atomic E-state index is -1.37. The first-order chi connectivity index (χ1) is 17.3. The maximum atomic E-state index is 10.5. The van der Waals surface area contributed by atoms with Crippen molar-refractivity contribution in [3.05, 3.63) is 84.2 Å². The second-order valence-electron chi connectivity index (χ2n) is 9.87. The van der Waals surface area contributed by atoms with Gasteiger partial charge in [-0.2, -0.15) is 9.61 Å². The van der Waals surface area contributed by atoms with Crippen molar-refractivity contribution in [3.63, 3.8) is 0 Å². The fourth-order valence-corrected chi connectivity index (χ4v) is 5.32. The Labute approximate surface area is 207 Å². The molecule has 3 aromatic heterocycles. The topological polar surface area (TPSA) is 130 Å². The van der Waals surface area contributed by atoms with Crippen molar-refractivity contribution in [2.45, 2.75) is 37.0 Å². The van der Waals surface area contributed by atoms with Crippen molar-refractivity contribution < 1.29 is 15.3 Å². The standard InChI is InChI=1S/C28H27N5O3/c1-17-11-24-30-13-20-12-22(18-5-3-2-4-6-18)25(31-26(20)33(24)32-17)19-7-9-21(10-8-19)27(29)15-28(36,16-27)23(35)14-34/h2-13,23,34-36H,14-16,29H2,1H3/t23?,27-,28-. The lowest BCUT2D eigenvalue weighted by molar-refractivity contribution is -0.173. The van der Waals surface area contributed by atoms with Crippen molar-refractivity contribution in [3.8, 4) is 22.4 Å². The van der Waals surface area contributed by atoms with Crippen LogP contribution in [0, 0.1) is 6.92 Å². The molecule has 1 atom stereocenters. The Balaban J connectivity index is 1.45.